The summed E-state index contributed by atoms with van der Waals surface area (Å²) in [6, 6.07) is 0. The van der Waals surface area contributed by atoms with Crippen molar-refractivity contribution in [2.24, 2.45) is 23.2 Å². The predicted octanol–water partition coefficient (Wildman–Crippen LogP) is 4.03. The summed E-state index contributed by atoms with van der Waals surface area (Å²) >= 11 is 0. The van der Waals surface area contributed by atoms with Gasteiger partial charge in [0.15, 0.2) is 5.78 Å². The molecule has 2 aliphatic carbocycles. The summed E-state index contributed by atoms with van der Waals surface area (Å²) in [7, 11) is -1.10. The normalized spacial score (nSPS) is 30.7. The molecule has 0 aromatic rings. The van der Waals surface area contributed by atoms with Crippen molar-refractivity contribution in [3.8, 4) is 0 Å². The molecule has 114 valence electrons. The summed E-state index contributed by atoms with van der Waals surface area (Å²) in [4.78, 5) is 12.4. The number of carbonyl (C=O) groups is 1. The van der Waals surface area contributed by atoms with Crippen LogP contribution in [0.15, 0.2) is 48.3 Å². The molecule has 0 bridgehead atoms. The molecule has 0 saturated heterocycles. The molecule has 0 saturated carbocycles. The average molecular weight is 302 g/mol. The average Bonchev–Trinajstić information content (AvgIpc) is 2.78. The summed E-state index contributed by atoms with van der Waals surface area (Å²) < 4.78 is 5.79. The second-order valence-electron chi connectivity index (χ2n) is 7.25. The molecule has 0 spiro atoms. The van der Waals surface area contributed by atoms with Crippen molar-refractivity contribution in [3.05, 3.63) is 48.3 Å². The number of allylic oxidation sites excluding steroid dienone is 7. The molecular formula is C18H26O2Si. The first-order chi connectivity index (χ1) is 9.80. The second kappa shape index (κ2) is 6.18. The van der Waals surface area contributed by atoms with E-state index in [2.05, 4.69) is 52.1 Å². The summed E-state index contributed by atoms with van der Waals surface area (Å²) in [5.74, 6) is 0.628. The van der Waals surface area contributed by atoms with Crippen molar-refractivity contribution in [2.45, 2.75) is 33.9 Å². The first-order valence-electron chi connectivity index (χ1n) is 7.73. The lowest BCUT2D eigenvalue weighted by atomic mass is 9.68. The molecule has 3 heteroatoms. The standard InChI is InChI=1S/C18H26O2Si/c1-18(2,3)15-10-11-16(19)17(15)14-9-7-6-8-13(14)12-20-21(4)5/h6-12,14-15,17,21H,1-5H3. The third-order valence-corrected chi connectivity index (χ3v) is 4.83. The first kappa shape index (κ1) is 16.0. The topological polar surface area (TPSA) is 26.3 Å². The van der Waals surface area contributed by atoms with E-state index in [1.165, 1.54) is 0 Å². The molecule has 0 radical (unpaired) electrons. The minimum atomic E-state index is -1.10. The molecule has 2 nitrogen and oxygen atoms in total. The highest BCUT2D eigenvalue weighted by molar-refractivity contribution is 6.48. The van der Waals surface area contributed by atoms with Gasteiger partial charge in [0.25, 0.3) is 0 Å². The van der Waals surface area contributed by atoms with Gasteiger partial charge in [-0.3, -0.25) is 4.79 Å². The molecule has 0 aromatic heterocycles. The van der Waals surface area contributed by atoms with Gasteiger partial charge < -0.3 is 4.43 Å². The molecule has 2 aliphatic rings. The summed E-state index contributed by atoms with van der Waals surface area (Å²) in [6.07, 6.45) is 14.0. The monoisotopic (exact) mass is 302 g/mol. The van der Waals surface area contributed by atoms with E-state index in [1.807, 2.05) is 18.4 Å². The number of hydrogen-bond acceptors (Lipinski definition) is 2. The molecule has 0 aliphatic heterocycles. The fourth-order valence-electron chi connectivity index (χ4n) is 3.07. The van der Waals surface area contributed by atoms with Crippen LogP contribution in [0, 0.1) is 23.2 Å². The number of ketones is 1. The maximum Gasteiger partial charge on any atom is 0.228 e. The first-order valence-corrected chi connectivity index (χ1v) is 10.5. The van der Waals surface area contributed by atoms with Crippen molar-refractivity contribution in [1.82, 2.24) is 0 Å². The zero-order valence-corrected chi connectivity index (χ0v) is 14.8. The van der Waals surface area contributed by atoms with Gasteiger partial charge >= 0.3 is 0 Å². The highest BCUT2D eigenvalue weighted by atomic mass is 28.3. The Labute approximate surface area is 130 Å². The molecule has 0 aromatic carbocycles. The van der Waals surface area contributed by atoms with Crippen LogP contribution in [0.2, 0.25) is 13.1 Å². The summed E-state index contributed by atoms with van der Waals surface area (Å²) in [5, 5.41) is 0. The van der Waals surface area contributed by atoms with Crippen molar-refractivity contribution >= 4 is 14.8 Å². The van der Waals surface area contributed by atoms with Gasteiger partial charge in [0.1, 0.15) is 0 Å². The van der Waals surface area contributed by atoms with Gasteiger partial charge in [-0.2, -0.15) is 0 Å². The van der Waals surface area contributed by atoms with Crippen LogP contribution < -0.4 is 0 Å². The second-order valence-corrected chi connectivity index (χ2v) is 9.62. The van der Waals surface area contributed by atoms with Crippen LogP contribution in [0.1, 0.15) is 20.8 Å². The molecule has 0 amide bonds. The van der Waals surface area contributed by atoms with Crippen LogP contribution in [0.5, 0.6) is 0 Å². The fourth-order valence-corrected chi connectivity index (χ4v) is 3.50. The maximum atomic E-state index is 12.4. The van der Waals surface area contributed by atoms with Gasteiger partial charge in [0.05, 0.1) is 6.26 Å². The van der Waals surface area contributed by atoms with Crippen LogP contribution in [0.25, 0.3) is 0 Å². The van der Waals surface area contributed by atoms with Gasteiger partial charge in [0, 0.05) is 11.8 Å². The highest BCUT2D eigenvalue weighted by Gasteiger charge is 2.42. The van der Waals surface area contributed by atoms with Gasteiger partial charge in [0.2, 0.25) is 9.04 Å². The van der Waals surface area contributed by atoms with E-state index in [0.717, 1.165) is 5.57 Å². The van der Waals surface area contributed by atoms with Crippen molar-refractivity contribution < 1.29 is 9.22 Å². The van der Waals surface area contributed by atoms with E-state index in [4.69, 9.17) is 4.43 Å². The van der Waals surface area contributed by atoms with Crippen LogP contribution in [0.3, 0.4) is 0 Å². The van der Waals surface area contributed by atoms with E-state index < -0.39 is 9.04 Å². The van der Waals surface area contributed by atoms with Crippen molar-refractivity contribution in [2.75, 3.05) is 0 Å². The molecule has 2 rings (SSSR count). The van der Waals surface area contributed by atoms with Crippen molar-refractivity contribution in [1.29, 1.82) is 0 Å². The Morgan fingerprint density at radius 3 is 2.48 bits per heavy atom. The minimum Gasteiger partial charge on any atom is -0.552 e. The number of hydrogen-bond donors (Lipinski definition) is 0. The van der Waals surface area contributed by atoms with Crippen LogP contribution >= 0.6 is 0 Å². The Bertz CT molecular complexity index is 518. The van der Waals surface area contributed by atoms with E-state index in [9.17, 15) is 4.79 Å². The largest absolute Gasteiger partial charge is 0.552 e. The minimum absolute atomic E-state index is 0.00474. The Balaban J connectivity index is 2.29. The zero-order chi connectivity index (χ0) is 15.6. The van der Waals surface area contributed by atoms with Crippen LogP contribution in [-0.4, -0.2) is 14.8 Å². The van der Waals surface area contributed by atoms with Crippen LogP contribution in [-0.2, 0) is 9.22 Å². The van der Waals surface area contributed by atoms with E-state index in [-0.39, 0.29) is 29.0 Å². The lowest BCUT2D eigenvalue weighted by molar-refractivity contribution is -0.120. The predicted molar refractivity (Wildman–Crippen MR) is 90.4 cm³/mol. The van der Waals surface area contributed by atoms with Gasteiger partial charge in [-0.1, -0.05) is 51.2 Å². The lowest BCUT2D eigenvalue weighted by Gasteiger charge is -2.35. The Kier molecular flexibility index (Phi) is 4.72. The summed E-state index contributed by atoms with van der Waals surface area (Å²) in [5.41, 5.74) is 1.20. The molecule has 0 heterocycles. The Hall–Kier alpha value is -1.35. The third-order valence-electron chi connectivity index (χ3n) is 4.15. The summed E-state index contributed by atoms with van der Waals surface area (Å²) in [6.45, 7) is 10.9. The zero-order valence-electron chi connectivity index (χ0n) is 13.7. The SMILES string of the molecule is C[SiH](C)OC=C1C=CC=CC1C1C(=O)C=CC1C(C)(C)C. The van der Waals surface area contributed by atoms with E-state index in [0.29, 0.717) is 0 Å². The molecule has 3 atom stereocenters. The maximum absolute atomic E-state index is 12.4. The molecule has 0 fully saturated rings. The molecular weight excluding hydrogens is 276 g/mol. The quantitative estimate of drug-likeness (QED) is 0.581. The van der Waals surface area contributed by atoms with E-state index in [1.54, 1.807) is 6.08 Å². The van der Waals surface area contributed by atoms with Crippen molar-refractivity contribution in [3.63, 3.8) is 0 Å². The number of carbonyl (C=O) groups excluding carboxylic acids is 1. The molecule has 21 heavy (non-hydrogen) atoms. The van der Waals surface area contributed by atoms with Gasteiger partial charge in [-0.15, -0.1) is 0 Å². The van der Waals surface area contributed by atoms with Gasteiger partial charge in [-0.25, -0.2) is 0 Å². The van der Waals surface area contributed by atoms with E-state index >= 15 is 0 Å². The molecule has 3 unspecified atom stereocenters. The lowest BCUT2D eigenvalue weighted by Crippen LogP contribution is -2.33. The highest BCUT2D eigenvalue weighted by Crippen LogP contribution is 2.44. The third kappa shape index (κ3) is 3.65. The number of rotatable bonds is 3. The van der Waals surface area contributed by atoms with Gasteiger partial charge in [-0.05, 0) is 36.1 Å². The Morgan fingerprint density at radius 1 is 1.14 bits per heavy atom. The smallest absolute Gasteiger partial charge is 0.228 e. The van der Waals surface area contributed by atoms with Crippen LogP contribution in [0.4, 0.5) is 0 Å². The fraction of sp³-hybridized carbons (Fsp3) is 0.500. The Morgan fingerprint density at radius 2 is 1.86 bits per heavy atom. The molecule has 0 N–H and O–H groups in total.